The van der Waals surface area contributed by atoms with Gasteiger partial charge in [-0.05, 0) is 43.1 Å². The molecule has 0 spiro atoms. The summed E-state index contributed by atoms with van der Waals surface area (Å²) in [6, 6.07) is 9.37. The fraction of sp³-hybridized carbons (Fsp3) is 0.267. The van der Waals surface area contributed by atoms with Crippen LogP contribution in [0.1, 0.15) is 19.4 Å². The number of halogens is 1. The average Bonchev–Trinajstić information content (AvgIpc) is 2.46. The summed E-state index contributed by atoms with van der Waals surface area (Å²) < 4.78 is 4.85. The summed E-state index contributed by atoms with van der Waals surface area (Å²) in [5.74, 6) is -0.282. The third kappa shape index (κ3) is 2.80. The summed E-state index contributed by atoms with van der Waals surface area (Å²) in [6.45, 7) is 3.65. The van der Waals surface area contributed by atoms with Gasteiger partial charge in [0.1, 0.15) is 0 Å². The van der Waals surface area contributed by atoms with Crippen molar-refractivity contribution < 1.29 is 9.53 Å². The molecule has 0 fully saturated rings. The highest BCUT2D eigenvalue weighted by Gasteiger charge is 2.31. The second kappa shape index (κ2) is 5.59. The van der Waals surface area contributed by atoms with Gasteiger partial charge in [0.25, 0.3) is 0 Å². The maximum atomic E-state index is 11.9. The van der Waals surface area contributed by atoms with Gasteiger partial charge in [0.15, 0.2) is 0 Å². The molecule has 0 aliphatic carbocycles. The average molecular weight is 291 g/mol. The number of esters is 1. The van der Waals surface area contributed by atoms with Crippen molar-refractivity contribution in [2.24, 2.45) is 0 Å². The molecule has 0 saturated heterocycles. The summed E-state index contributed by atoms with van der Waals surface area (Å²) in [7, 11) is 1.39. The van der Waals surface area contributed by atoms with Crippen LogP contribution in [0.3, 0.4) is 0 Å². The first-order valence-corrected chi connectivity index (χ1v) is 6.51. The number of ether oxygens (including phenoxy) is 1. The molecule has 2 aromatic rings. The smallest absolute Gasteiger partial charge is 0.315 e. The number of benzene rings is 1. The highest BCUT2D eigenvalue weighted by atomic mass is 35.5. The number of aromatic nitrogens is 2. The fourth-order valence-electron chi connectivity index (χ4n) is 1.94. The van der Waals surface area contributed by atoms with Gasteiger partial charge in [-0.15, -0.1) is 0 Å². The first-order valence-electron chi connectivity index (χ1n) is 6.13. The summed E-state index contributed by atoms with van der Waals surface area (Å²) in [6.07, 6.45) is 1.60. The number of nitrogens with zero attached hydrogens (tertiary/aromatic N) is 2. The molecular weight excluding hydrogens is 276 g/mol. The number of methoxy groups -OCH3 is 1. The van der Waals surface area contributed by atoms with Crippen molar-refractivity contribution >= 4 is 17.6 Å². The monoisotopic (exact) mass is 290 g/mol. The van der Waals surface area contributed by atoms with Gasteiger partial charge in [-0.2, -0.15) is 0 Å². The molecule has 0 radical (unpaired) electrons. The molecule has 0 aliphatic heterocycles. The van der Waals surface area contributed by atoms with Crippen LogP contribution in [-0.4, -0.2) is 23.0 Å². The van der Waals surface area contributed by atoms with Crippen molar-refractivity contribution in [1.82, 2.24) is 9.97 Å². The van der Waals surface area contributed by atoms with Crippen LogP contribution in [-0.2, 0) is 14.9 Å². The lowest BCUT2D eigenvalue weighted by atomic mass is 9.84. The van der Waals surface area contributed by atoms with Gasteiger partial charge in [0, 0.05) is 11.8 Å². The molecule has 0 amide bonds. The van der Waals surface area contributed by atoms with Crippen LogP contribution in [0.15, 0.2) is 36.5 Å². The maximum Gasteiger partial charge on any atom is 0.315 e. The van der Waals surface area contributed by atoms with Crippen molar-refractivity contribution in [2.75, 3.05) is 7.11 Å². The lowest BCUT2D eigenvalue weighted by Gasteiger charge is -2.22. The van der Waals surface area contributed by atoms with E-state index in [4.69, 9.17) is 16.3 Å². The van der Waals surface area contributed by atoms with E-state index in [0.29, 0.717) is 5.69 Å². The number of hydrogen-bond acceptors (Lipinski definition) is 4. The predicted molar refractivity (Wildman–Crippen MR) is 77.5 cm³/mol. The largest absolute Gasteiger partial charge is 0.468 e. The standard InChI is InChI=1S/C15H15ClN2O2/c1-15(2,13(19)20-3)11-6-4-5-10(9-11)12-7-8-17-14(16)18-12/h4-9H,1-3H3. The Kier molecular flexibility index (Phi) is 4.04. The predicted octanol–water partition coefficient (Wildman–Crippen LogP) is 3.25. The van der Waals surface area contributed by atoms with E-state index in [1.165, 1.54) is 7.11 Å². The van der Waals surface area contributed by atoms with Crippen LogP contribution in [0, 0.1) is 0 Å². The topological polar surface area (TPSA) is 52.1 Å². The van der Waals surface area contributed by atoms with Crippen LogP contribution in [0.25, 0.3) is 11.3 Å². The van der Waals surface area contributed by atoms with Crippen LogP contribution in [0.2, 0.25) is 5.28 Å². The number of rotatable bonds is 3. The zero-order chi connectivity index (χ0) is 14.8. The van der Waals surface area contributed by atoms with Crippen LogP contribution in [0.4, 0.5) is 0 Å². The van der Waals surface area contributed by atoms with Crippen LogP contribution < -0.4 is 0 Å². The summed E-state index contributed by atoms with van der Waals surface area (Å²) in [5, 5.41) is 0.195. The van der Waals surface area contributed by atoms with Gasteiger partial charge in [-0.1, -0.05) is 18.2 Å². The van der Waals surface area contributed by atoms with Crippen molar-refractivity contribution in [2.45, 2.75) is 19.3 Å². The highest BCUT2D eigenvalue weighted by molar-refractivity contribution is 6.28. The summed E-state index contributed by atoms with van der Waals surface area (Å²) >= 11 is 5.80. The Morgan fingerprint density at radius 3 is 2.70 bits per heavy atom. The zero-order valence-corrected chi connectivity index (χ0v) is 12.3. The fourth-order valence-corrected chi connectivity index (χ4v) is 2.08. The quantitative estimate of drug-likeness (QED) is 0.643. The first-order chi connectivity index (χ1) is 9.45. The number of carbonyl (C=O) groups excluding carboxylic acids is 1. The normalized spacial score (nSPS) is 11.2. The molecule has 0 aliphatic rings. The van der Waals surface area contributed by atoms with Gasteiger partial charge >= 0.3 is 5.97 Å². The van der Waals surface area contributed by atoms with E-state index >= 15 is 0 Å². The molecule has 0 saturated carbocycles. The van der Waals surface area contributed by atoms with Gasteiger partial charge in [-0.25, -0.2) is 9.97 Å². The lowest BCUT2D eigenvalue weighted by molar-refractivity contribution is -0.146. The number of carbonyl (C=O) groups is 1. The SMILES string of the molecule is COC(=O)C(C)(C)c1cccc(-c2ccnc(Cl)n2)c1. The zero-order valence-electron chi connectivity index (χ0n) is 11.6. The minimum Gasteiger partial charge on any atom is -0.468 e. The summed E-state index contributed by atoms with van der Waals surface area (Å²) in [5.41, 5.74) is 1.73. The van der Waals surface area contributed by atoms with E-state index in [9.17, 15) is 4.79 Å². The van der Waals surface area contributed by atoms with Crippen molar-refractivity contribution in [3.8, 4) is 11.3 Å². The first kappa shape index (κ1) is 14.5. The van der Waals surface area contributed by atoms with Crippen LogP contribution in [0.5, 0.6) is 0 Å². The Balaban J connectivity index is 2.45. The molecule has 1 aromatic carbocycles. The summed E-state index contributed by atoms with van der Waals surface area (Å²) in [4.78, 5) is 19.9. The molecule has 1 heterocycles. The highest BCUT2D eigenvalue weighted by Crippen LogP contribution is 2.28. The van der Waals surface area contributed by atoms with E-state index < -0.39 is 5.41 Å². The van der Waals surface area contributed by atoms with Gasteiger partial charge in [0.05, 0.1) is 18.2 Å². The van der Waals surface area contributed by atoms with Crippen molar-refractivity contribution in [3.05, 3.63) is 47.4 Å². The van der Waals surface area contributed by atoms with E-state index in [1.54, 1.807) is 12.3 Å². The van der Waals surface area contributed by atoms with Crippen molar-refractivity contribution in [3.63, 3.8) is 0 Å². The van der Waals surface area contributed by atoms with E-state index in [1.807, 2.05) is 38.1 Å². The second-order valence-corrected chi connectivity index (χ2v) is 5.25. The molecule has 0 unspecified atom stereocenters. The van der Waals surface area contributed by atoms with Crippen molar-refractivity contribution in [1.29, 1.82) is 0 Å². The molecule has 4 nitrogen and oxygen atoms in total. The van der Waals surface area contributed by atoms with E-state index in [2.05, 4.69) is 9.97 Å². The Hall–Kier alpha value is -1.94. The van der Waals surface area contributed by atoms with E-state index in [0.717, 1.165) is 11.1 Å². The van der Waals surface area contributed by atoms with Gasteiger partial charge in [-0.3, -0.25) is 4.79 Å². The Morgan fingerprint density at radius 2 is 2.05 bits per heavy atom. The Labute approximate surface area is 122 Å². The third-order valence-electron chi connectivity index (χ3n) is 3.20. The second-order valence-electron chi connectivity index (χ2n) is 4.91. The Morgan fingerprint density at radius 1 is 1.30 bits per heavy atom. The molecule has 5 heteroatoms. The maximum absolute atomic E-state index is 11.9. The molecule has 20 heavy (non-hydrogen) atoms. The third-order valence-corrected chi connectivity index (χ3v) is 3.38. The van der Waals surface area contributed by atoms with Crippen LogP contribution >= 0.6 is 11.6 Å². The minimum absolute atomic E-state index is 0.195. The Bertz CT molecular complexity index is 641. The lowest BCUT2D eigenvalue weighted by Crippen LogP contribution is -2.30. The van der Waals surface area contributed by atoms with E-state index in [-0.39, 0.29) is 11.3 Å². The molecule has 0 bridgehead atoms. The minimum atomic E-state index is -0.721. The van der Waals surface area contributed by atoms with Gasteiger partial charge < -0.3 is 4.74 Å². The molecule has 0 atom stereocenters. The molecule has 104 valence electrons. The molecule has 1 aromatic heterocycles. The number of hydrogen-bond donors (Lipinski definition) is 0. The van der Waals surface area contributed by atoms with Gasteiger partial charge in [0.2, 0.25) is 5.28 Å². The molecule has 2 rings (SSSR count). The molecule has 0 N–H and O–H groups in total. The molecular formula is C15H15ClN2O2.